The number of carbonyl (C=O) groups is 2. The minimum Gasteiger partial charge on any atom is -0.370 e. The Morgan fingerprint density at radius 2 is 1.77 bits per heavy atom. The van der Waals surface area contributed by atoms with Gasteiger partial charge < -0.3 is 15.1 Å². The van der Waals surface area contributed by atoms with Gasteiger partial charge in [-0.3, -0.25) is 9.59 Å². The molecule has 31 heavy (non-hydrogen) atoms. The molecule has 9 heteroatoms. The Kier molecular flexibility index (Phi) is 5.60. The molecule has 2 aromatic carbocycles. The van der Waals surface area contributed by atoms with Crippen LogP contribution in [0.1, 0.15) is 24.8 Å². The van der Waals surface area contributed by atoms with Gasteiger partial charge in [0.15, 0.2) is 0 Å². The van der Waals surface area contributed by atoms with E-state index in [1.54, 1.807) is 12.1 Å². The number of nitrogens with zero attached hydrogens (tertiary/aromatic N) is 2. The lowest BCUT2D eigenvalue weighted by Gasteiger charge is -2.23. The lowest BCUT2D eigenvalue weighted by Crippen LogP contribution is -2.29. The quantitative estimate of drug-likeness (QED) is 0.723. The number of nitrogens with one attached hydrogen (secondary N) is 1. The van der Waals surface area contributed by atoms with Gasteiger partial charge in [-0.05, 0) is 43.2 Å². The van der Waals surface area contributed by atoms with Gasteiger partial charge in [-0.15, -0.1) is 0 Å². The van der Waals surface area contributed by atoms with Gasteiger partial charge in [0.2, 0.25) is 11.8 Å². The Bertz CT molecular complexity index is 1000. The van der Waals surface area contributed by atoms with Crippen LogP contribution in [0.25, 0.3) is 0 Å². The third-order valence-corrected chi connectivity index (χ3v) is 5.67. The number of benzene rings is 2. The predicted molar refractivity (Wildman–Crippen MR) is 108 cm³/mol. The van der Waals surface area contributed by atoms with Crippen molar-refractivity contribution >= 4 is 28.9 Å². The maximum Gasteiger partial charge on any atom is 0.416 e. The molecule has 0 aliphatic carbocycles. The van der Waals surface area contributed by atoms with Crippen molar-refractivity contribution in [3.8, 4) is 0 Å². The lowest BCUT2D eigenvalue weighted by atomic mass is 10.1. The molecule has 1 atom stereocenters. The van der Waals surface area contributed by atoms with Crippen LogP contribution < -0.4 is 15.1 Å². The molecule has 2 aromatic rings. The fraction of sp³-hybridized carbons (Fsp3) is 0.364. The summed E-state index contributed by atoms with van der Waals surface area (Å²) < 4.78 is 53.5. The van der Waals surface area contributed by atoms with Gasteiger partial charge in [0.1, 0.15) is 11.5 Å². The summed E-state index contributed by atoms with van der Waals surface area (Å²) >= 11 is 0. The van der Waals surface area contributed by atoms with E-state index in [2.05, 4.69) is 5.32 Å². The van der Waals surface area contributed by atoms with Crippen molar-refractivity contribution in [3.05, 3.63) is 53.8 Å². The van der Waals surface area contributed by atoms with E-state index >= 15 is 0 Å². The predicted octanol–water partition coefficient (Wildman–Crippen LogP) is 4.44. The molecule has 2 heterocycles. The van der Waals surface area contributed by atoms with Crippen LogP contribution in [0, 0.1) is 11.7 Å². The fourth-order valence-electron chi connectivity index (χ4n) is 4.07. The van der Waals surface area contributed by atoms with E-state index in [0.29, 0.717) is 5.69 Å². The van der Waals surface area contributed by atoms with Gasteiger partial charge in [0.05, 0.1) is 17.2 Å². The van der Waals surface area contributed by atoms with Crippen molar-refractivity contribution in [2.24, 2.45) is 5.92 Å². The van der Waals surface area contributed by atoms with Crippen LogP contribution in [0.3, 0.4) is 0 Å². The molecule has 0 radical (unpaired) electrons. The molecular weight excluding hydrogens is 414 g/mol. The van der Waals surface area contributed by atoms with Crippen molar-refractivity contribution in [2.75, 3.05) is 34.8 Å². The highest BCUT2D eigenvalue weighted by molar-refractivity contribution is 6.04. The molecule has 2 aliphatic rings. The maximum atomic E-state index is 14.5. The molecule has 4 rings (SSSR count). The average molecular weight is 435 g/mol. The summed E-state index contributed by atoms with van der Waals surface area (Å²) in [5.74, 6) is -2.36. The molecule has 2 aliphatic heterocycles. The second-order valence-electron chi connectivity index (χ2n) is 7.77. The monoisotopic (exact) mass is 435 g/mol. The van der Waals surface area contributed by atoms with Crippen molar-refractivity contribution in [1.29, 1.82) is 0 Å². The summed E-state index contributed by atoms with van der Waals surface area (Å²) in [6.45, 7) is 1.45. The Balaban J connectivity index is 1.51. The van der Waals surface area contributed by atoms with Crippen molar-refractivity contribution in [2.45, 2.75) is 25.4 Å². The number of anilines is 3. The molecule has 2 saturated heterocycles. The van der Waals surface area contributed by atoms with E-state index in [9.17, 15) is 27.2 Å². The Morgan fingerprint density at radius 3 is 2.48 bits per heavy atom. The SMILES string of the molecule is O=C(Nc1c(F)cccc1N1CCCC1)C1CC(=O)N(c2cccc(C(F)(F)F)c2)C1. The zero-order valence-electron chi connectivity index (χ0n) is 16.6. The van der Waals surface area contributed by atoms with Gasteiger partial charge in [0.25, 0.3) is 0 Å². The first-order valence-corrected chi connectivity index (χ1v) is 10.1. The third-order valence-electron chi connectivity index (χ3n) is 5.67. The summed E-state index contributed by atoms with van der Waals surface area (Å²) in [6, 6.07) is 9.00. The topological polar surface area (TPSA) is 52.7 Å². The molecular formula is C22H21F4N3O2. The summed E-state index contributed by atoms with van der Waals surface area (Å²) in [5, 5.41) is 2.61. The van der Waals surface area contributed by atoms with Gasteiger partial charge in [0, 0.05) is 31.7 Å². The maximum absolute atomic E-state index is 14.5. The van der Waals surface area contributed by atoms with Gasteiger partial charge in [-0.1, -0.05) is 12.1 Å². The van der Waals surface area contributed by atoms with E-state index in [1.165, 1.54) is 23.1 Å². The van der Waals surface area contributed by atoms with Crippen LogP contribution in [0.2, 0.25) is 0 Å². The summed E-state index contributed by atoms with van der Waals surface area (Å²) in [6.07, 6.45) is -2.73. The number of carbonyl (C=O) groups excluding carboxylic acids is 2. The highest BCUT2D eigenvalue weighted by Crippen LogP contribution is 2.35. The van der Waals surface area contributed by atoms with Crippen LogP contribution in [0.15, 0.2) is 42.5 Å². The molecule has 164 valence electrons. The number of rotatable bonds is 4. The number of hydrogen-bond donors (Lipinski definition) is 1. The highest BCUT2D eigenvalue weighted by atomic mass is 19.4. The largest absolute Gasteiger partial charge is 0.416 e. The van der Waals surface area contributed by atoms with E-state index in [-0.39, 0.29) is 24.3 Å². The Hall–Kier alpha value is -3.10. The molecule has 1 unspecified atom stereocenters. The van der Waals surface area contributed by atoms with E-state index in [1.807, 2.05) is 4.90 Å². The zero-order valence-corrected chi connectivity index (χ0v) is 16.6. The van der Waals surface area contributed by atoms with Crippen LogP contribution in [-0.2, 0) is 15.8 Å². The minimum absolute atomic E-state index is 0.0689. The molecule has 0 saturated carbocycles. The van der Waals surface area contributed by atoms with Crippen LogP contribution >= 0.6 is 0 Å². The zero-order chi connectivity index (χ0) is 22.2. The second-order valence-corrected chi connectivity index (χ2v) is 7.77. The third kappa shape index (κ3) is 4.35. The molecule has 0 bridgehead atoms. The van der Waals surface area contributed by atoms with Crippen molar-refractivity contribution in [1.82, 2.24) is 0 Å². The Morgan fingerprint density at radius 1 is 1.06 bits per heavy atom. The first kappa shape index (κ1) is 21.1. The van der Waals surface area contributed by atoms with Gasteiger partial charge in [-0.25, -0.2) is 4.39 Å². The average Bonchev–Trinajstić information content (AvgIpc) is 3.39. The van der Waals surface area contributed by atoms with Crippen LogP contribution in [0.4, 0.5) is 34.6 Å². The molecule has 0 spiro atoms. The molecule has 0 aromatic heterocycles. The first-order valence-electron chi connectivity index (χ1n) is 10.1. The summed E-state index contributed by atoms with van der Waals surface area (Å²) in [4.78, 5) is 28.4. The number of amides is 2. The molecule has 1 N–H and O–H groups in total. The van der Waals surface area contributed by atoms with E-state index in [0.717, 1.165) is 38.1 Å². The number of halogens is 4. The second kappa shape index (κ2) is 8.20. The van der Waals surface area contributed by atoms with Crippen LogP contribution in [-0.4, -0.2) is 31.4 Å². The Labute approximate surface area is 176 Å². The van der Waals surface area contributed by atoms with Gasteiger partial charge in [-0.2, -0.15) is 13.2 Å². The fourth-order valence-corrected chi connectivity index (χ4v) is 4.07. The first-order chi connectivity index (χ1) is 14.7. The highest BCUT2D eigenvalue weighted by Gasteiger charge is 2.37. The molecule has 2 amide bonds. The standard InChI is InChI=1S/C22H21F4N3O2/c23-17-7-4-8-18(28-9-1-2-10-28)20(17)27-21(31)14-11-19(30)29(13-14)16-6-3-5-15(12-16)22(24,25)26/h3-8,12,14H,1-2,9-11,13H2,(H,27,31). The lowest BCUT2D eigenvalue weighted by molar-refractivity contribution is -0.137. The number of alkyl halides is 3. The van der Waals surface area contributed by atoms with E-state index < -0.39 is 35.3 Å². The van der Waals surface area contributed by atoms with Crippen LogP contribution in [0.5, 0.6) is 0 Å². The minimum atomic E-state index is -4.54. The summed E-state index contributed by atoms with van der Waals surface area (Å²) in [5.41, 5.74) is -0.129. The van der Waals surface area contributed by atoms with Gasteiger partial charge >= 0.3 is 6.18 Å². The van der Waals surface area contributed by atoms with E-state index in [4.69, 9.17) is 0 Å². The van der Waals surface area contributed by atoms with Crippen molar-refractivity contribution < 1.29 is 27.2 Å². The number of hydrogen-bond acceptors (Lipinski definition) is 3. The molecule has 2 fully saturated rings. The number of para-hydroxylation sites is 1. The summed E-state index contributed by atoms with van der Waals surface area (Å²) in [7, 11) is 0. The van der Waals surface area contributed by atoms with Crippen molar-refractivity contribution in [3.63, 3.8) is 0 Å². The molecule has 5 nitrogen and oxygen atoms in total. The smallest absolute Gasteiger partial charge is 0.370 e. The normalized spacial score (nSPS) is 19.2.